The van der Waals surface area contributed by atoms with E-state index < -0.39 is 0 Å². The van der Waals surface area contributed by atoms with E-state index in [1.54, 1.807) is 18.2 Å². The Bertz CT molecular complexity index is 537. The van der Waals surface area contributed by atoms with Gasteiger partial charge in [0.05, 0.1) is 11.2 Å². The summed E-state index contributed by atoms with van der Waals surface area (Å²) < 4.78 is 0. The minimum Gasteiger partial charge on any atom is -0.508 e. The maximum Gasteiger partial charge on any atom is 0.116 e. The van der Waals surface area contributed by atoms with Gasteiger partial charge in [0.2, 0.25) is 0 Å². The zero-order chi connectivity index (χ0) is 12.4. The van der Waals surface area contributed by atoms with Crippen LogP contribution in [0.2, 0.25) is 0 Å². The van der Waals surface area contributed by atoms with Gasteiger partial charge in [-0.15, -0.1) is 0 Å². The highest BCUT2D eigenvalue weighted by Crippen LogP contribution is 2.27. The van der Waals surface area contributed by atoms with Crippen molar-refractivity contribution in [3.63, 3.8) is 0 Å². The number of fused-ring (bicyclic) bond motifs is 1. The second-order valence-electron chi connectivity index (χ2n) is 4.37. The SMILES string of the molecule is CC(C)Nc1cc(CN)nc2ccc(O)cc12. The van der Waals surface area contributed by atoms with Gasteiger partial charge in [0.15, 0.2) is 0 Å². The maximum absolute atomic E-state index is 9.54. The zero-order valence-corrected chi connectivity index (χ0v) is 10.1. The molecule has 0 fully saturated rings. The molecule has 0 saturated heterocycles. The van der Waals surface area contributed by atoms with Crippen LogP contribution in [0.1, 0.15) is 19.5 Å². The van der Waals surface area contributed by atoms with Crippen LogP contribution in [0.3, 0.4) is 0 Å². The van der Waals surface area contributed by atoms with E-state index in [-0.39, 0.29) is 5.75 Å². The fraction of sp³-hybridized carbons (Fsp3) is 0.308. The number of aromatic hydroxyl groups is 1. The Balaban J connectivity index is 2.63. The van der Waals surface area contributed by atoms with Crippen molar-refractivity contribution in [3.05, 3.63) is 30.0 Å². The molecule has 90 valence electrons. The van der Waals surface area contributed by atoms with Gasteiger partial charge in [-0.2, -0.15) is 0 Å². The summed E-state index contributed by atoms with van der Waals surface area (Å²) in [6, 6.07) is 7.40. The van der Waals surface area contributed by atoms with Crippen molar-refractivity contribution in [2.24, 2.45) is 5.73 Å². The van der Waals surface area contributed by atoms with Crippen LogP contribution in [-0.2, 0) is 6.54 Å². The highest BCUT2D eigenvalue weighted by atomic mass is 16.3. The Morgan fingerprint density at radius 2 is 2.12 bits per heavy atom. The fourth-order valence-corrected chi connectivity index (χ4v) is 1.80. The molecular weight excluding hydrogens is 214 g/mol. The van der Waals surface area contributed by atoms with Gasteiger partial charge in [-0.3, -0.25) is 4.98 Å². The van der Waals surface area contributed by atoms with Crippen molar-refractivity contribution in [1.82, 2.24) is 4.98 Å². The molecule has 0 radical (unpaired) electrons. The Kier molecular flexibility index (Phi) is 3.15. The average molecular weight is 231 g/mol. The fourth-order valence-electron chi connectivity index (χ4n) is 1.80. The third-order valence-electron chi connectivity index (χ3n) is 2.50. The molecule has 0 amide bonds. The first-order valence-electron chi connectivity index (χ1n) is 5.69. The molecule has 4 heteroatoms. The first kappa shape index (κ1) is 11.7. The van der Waals surface area contributed by atoms with E-state index in [0.717, 1.165) is 22.3 Å². The third kappa shape index (κ3) is 2.47. The Morgan fingerprint density at radius 1 is 1.35 bits per heavy atom. The monoisotopic (exact) mass is 231 g/mol. The van der Waals surface area contributed by atoms with E-state index >= 15 is 0 Å². The average Bonchev–Trinajstić information content (AvgIpc) is 2.28. The van der Waals surface area contributed by atoms with E-state index in [1.807, 2.05) is 6.07 Å². The zero-order valence-electron chi connectivity index (χ0n) is 10.1. The number of pyridine rings is 1. The molecule has 0 saturated carbocycles. The Labute approximate surface area is 100 Å². The van der Waals surface area contributed by atoms with E-state index in [4.69, 9.17) is 5.73 Å². The van der Waals surface area contributed by atoms with Crippen LogP contribution < -0.4 is 11.1 Å². The normalized spacial score (nSPS) is 11.1. The second kappa shape index (κ2) is 4.59. The lowest BCUT2D eigenvalue weighted by Gasteiger charge is -2.14. The first-order valence-corrected chi connectivity index (χ1v) is 5.69. The van der Waals surface area contributed by atoms with Crippen molar-refractivity contribution in [2.45, 2.75) is 26.4 Å². The maximum atomic E-state index is 9.54. The smallest absolute Gasteiger partial charge is 0.116 e. The van der Waals surface area contributed by atoms with Gasteiger partial charge in [-0.25, -0.2) is 0 Å². The van der Waals surface area contributed by atoms with Gasteiger partial charge in [0.25, 0.3) is 0 Å². The highest BCUT2D eigenvalue weighted by molar-refractivity contribution is 5.92. The van der Waals surface area contributed by atoms with Crippen LogP contribution in [0.25, 0.3) is 10.9 Å². The van der Waals surface area contributed by atoms with Gasteiger partial charge >= 0.3 is 0 Å². The number of hydrogen-bond donors (Lipinski definition) is 3. The summed E-state index contributed by atoms with van der Waals surface area (Å²) in [5.74, 6) is 0.242. The lowest BCUT2D eigenvalue weighted by atomic mass is 10.1. The molecule has 4 N–H and O–H groups in total. The van der Waals surface area contributed by atoms with Gasteiger partial charge in [-0.05, 0) is 38.1 Å². The van der Waals surface area contributed by atoms with Crippen LogP contribution in [0.15, 0.2) is 24.3 Å². The van der Waals surface area contributed by atoms with Gasteiger partial charge < -0.3 is 16.2 Å². The summed E-state index contributed by atoms with van der Waals surface area (Å²) in [7, 11) is 0. The van der Waals surface area contributed by atoms with Crippen LogP contribution >= 0.6 is 0 Å². The third-order valence-corrected chi connectivity index (χ3v) is 2.50. The Hall–Kier alpha value is -1.81. The quantitative estimate of drug-likeness (QED) is 0.757. The molecule has 0 aliphatic heterocycles. The van der Waals surface area contributed by atoms with E-state index in [2.05, 4.69) is 24.1 Å². The number of nitrogens with two attached hydrogens (primary N) is 1. The molecule has 0 aliphatic carbocycles. The number of anilines is 1. The van der Waals surface area contributed by atoms with Crippen molar-refractivity contribution < 1.29 is 5.11 Å². The molecular formula is C13H17N3O. The number of aromatic nitrogens is 1. The van der Waals surface area contributed by atoms with Crippen LogP contribution in [0.5, 0.6) is 5.75 Å². The standard InChI is InChI=1S/C13H17N3O/c1-8(2)15-13-5-9(7-14)16-12-4-3-10(17)6-11(12)13/h3-6,8,17H,7,14H2,1-2H3,(H,15,16). The molecule has 2 rings (SSSR count). The first-order chi connectivity index (χ1) is 8.10. The van der Waals surface area contributed by atoms with E-state index in [0.29, 0.717) is 12.6 Å². The minimum absolute atomic E-state index is 0.242. The number of benzene rings is 1. The predicted octanol–water partition coefficient (Wildman–Crippen LogP) is 2.22. The second-order valence-corrected chi connectivity index (χ2v) is 4.37. The topological polar surface area (TPSA) is 71.2 Å². The molecule has 0 unspecified atom stereocenters. The predicted molar refractivity (Wildman–Crippen MR) is 70.1 cm³/mol. The summed E-state index contributed by atoms with van der Waals surface area (Å²) in [6.07, 6.45) is 0. The van der Waals surface area contributed by atoms with Crippen molar-refractivity contribution in [2.75, 3.05) is 5.32 Å². The van der Waals surface area contributed by atoms with Gasteiger partial charge in [-0.1, -0.05) is 0 Å². The molecule has 2 aromatic rings. The van der Waals surface area contributed by atoms with E-state index in [1.165, 1.54) is 0 Å². The molecule has 0 aliphatic rings. The molecule has 0 bridgehead atoms. The van der Waals surface area contributed by atoms with Crippen molar-refractivity contribution in [3.8, 4) is 5.75 Å². The summed E-state index contributed by atoms with van der Waals surface area (Å²) in [6.45, 7) is 4.54. The molecule has 1 heterocycles. The van der Waals surface area contributed by atoms with Crippen LogP contribution in [-0.4, -0.2) is 16.1 Å². The van der Waals surface area contributed by atoms with E-state index in [9.17, 15) is 5.11 Å². The molecule has 1 aromatic carbocycles. The lowest BCUT2D eigenvalue weighted by molar-refractivity contribution is 0.476. The number of phenols is 1. The van der Waals surface area contributed by atoms with Crippen LogP contribution in [0.4, 0.5) is 5.69 Å². The van der Waals surface area contributed by atoms with Crippen molar-refractivity contribution in [1.29, 1.82) is 0 Å². The number of nitrogens with zero attached hydrogens (tertiary/aromatic N) is 1. The Morgan fingerprint density at radius 3 is 2.76 bits per heavy atom. The summed E-state index contributed by atoms with van der Waals surface area (Å²) in [5, 5.41) is 13.8. The lowest BCUT2D eigenvalue weighted by Crippen LogP contribution is -2.11. The summed E-state index contributed by atoms with van der Waals surface area (Å²) in [4.78, 5) is 4.43. The van der Waals surface area contributed by atoms with Gasteiger partial charge in [0, 0.05) is 23.7 Å². The molecule has 17 heavy (non-hydrogen) atoms. The number of hydrogen-bond acceptors (Lipinski definition) is 4. The number of phenolic OH excluding ortho intramolecular Hbond substituents is 1. The molecule has 4 nitrogen and oxygen atoms in total. The number of nitrogens with one attached hydrogen (secondary N) is 1. The largest absolute Gasteiger partial charge is 0.508 e. The molecule has 0 atom stereocenters. The molecule has 0 spiro atoms. The van der Waals surface area contributed by atoms with Crippen LogP contribution in [0, 0.1) is 0 Å². The molecule has 1 aromatic heterocycles. The summed E-state index contributed by atoms with van der Waals surface area (Å²) >= 11 is 0. The summed E-state index contributed by atoms with van der Waals surface area (Å²) in [5.41, 5.74) is 8.27. The minimum atomic E-state index is 0.242. The number of rotatable bonds is 3. The highest BCUT2D eigenvalue weighted by Gasteiger charge is 2.07. The van der Waals surface area contributed by atoms with Gasteiger partial charge in [0.1, 0.15) is 5.75 Å². The van der Waals surface area contributed by atoms with Crippen molar-refractivity contribution >= 4 is 16.6 Å².